The van der Waals surface area contributed by atoms with Crippen molar-refractivity contribution in [1.82, 2.24) is 14.5 Å². The third-order valence-corrected chi connectivity index (χ3v) is 5.10. The Hall–Kier alpha value is -2.50. The van der Waals surface area contributed by atoms with Crippen LogP contribution in [0.4, 0.5) is 0 Å². The van der Waals surface area contributed by atoms with Crippen LogP contribution in [0.25, 0.3) is 0 Å². The van der Waals surface area contributed by atoms with Crippen molar-refractivity contribution in [3.8, 4) is 11.5 Å². The lowest BCUT2D eigenvalue weighted by Crippen LogP contribution is -2.29. The molecule has 1 saturated heterocycles. The Labute approximate surface area is 154 Å². The van der Waals surface area contributed by atoms with Gasteiger partial charge in [0, 0.05) is 56.4 Å². The van der Waals surface area contributed by atoms with Gasteiger partial charge in [-0.3, -0.25) is 4.79 Å². The van der Waals surface area contributed by atoms with Gasteiger partial charge in [0.2, 0.25) is 5.91 Å². The van der Waals surface area contributed by atoms with Crippen LogP contribution in [-0.4, -0.2) is 47.7 Å². The highest BCUT2D eigenvalue weighted by Gasteiger charge is 2.29. The molecule has 0 saturated carbocycles. The minimum atomic E-state index is 0.199. The fourth-order valence-corrected chi connectivity index (χ4v) is 3.63. The van der Waals surface area contributed by atoms with Crippen LogP contribution in [0.2, 0.25) is 0 Å². The van der Waals surface area contributed by atoms with Crippen molar-refractivity contribution in [3.63, 3.8) is 0 Å². The minimum absolute atomic E-state index is 0.199. The minimum Gasteiger partial charge on any atom is -0.497 e. The molecule has 1 aromatic heterocycles. The Bertz CT molecular complexity index is 757. The highest BCUT2D eigenvalue weighted by atomic mass is 16.5. The Morgan fingerprint density at radius 3 is 2.88 bits per heavy atom. The summed E-state index contributed by atoms with van der Waals surface area (Å²) in [4.78, 5) is 18.9. The summed E-state index contributed by atoms with van der Waals surface area (Å²) in [6, 6.07) is 5.86. The normalized spacial score (nSPS) is 16.7. The van der Waals surface area contributed by atoms with Gasteiger partial charge in [-0.2, -0.15) is 0 Å². The van der Waals surface area contributed by atoms with Gasteiger partial charge in [0.25, 0.3) is 0 Å². The third kappa shape index (κ3) is 3.84. The molecule has 2 aromatic rings. The summed E-state index contributed by atoms with van der Waals surface area (Å²) in [7, 11) is 3.34. The molecule has 3 rings (SSSR count). The summed E-state index contributed by atoms with van der Waals surface area (Å²) in [5.74, 6) is 3.18. The number of rotatable bonds is 7. The van der Waals surface area contributed by atoms with Crippen LogP contribution in [0.3, 0.4) is 0 Å². The molecule has 1 amide bonds. The van der Waals surface area contributed by atoms with E-state index in [9.17, 15) is 4.79 Å². The number of carbonyl (C=O) groups is 1. The maximum atomic E-state index is 12.6. The Balaban J connectivity index is 1.62. The number of aryl methyl sites for hydroxylation is 2. The maximum absolute atomic E-state index is 12.6. The van der Waals surface area contributed by atoms with Crippen LogP contribution in [-0.2, 0) is 17.8 Å². The van der Waals surface area contributed by atoms with E-state index in [4.69, 9.17) is 9.47 Å². The Morgan fingerprint density at radius 2 is 2.15 bits per heavy atom. The van der Waals surface area contributed by atoms with Gasteiger partial charge in [-0.1, -0.05) is 6.92 Å². The fourth-order valence-electron chi connectivity index (χ4n) is 3.63. The summed E-state index contributed by atoms with van der Waals surface area (Å²) < 4.78 is 12.9. The molecular formula is C20H27N3O3. The van der Waals surface area contributed by atoms with Gasteiger partial charge in [0.05, 0.1) is 14.2 Å². The number of carbonyl (C=O) groups excluding carboxylic acids is 1. The molecule has 1 aromatic carbocycles. The SMILES string of the molecule is CCc1nccn1CCC(=O)N1CC[C@H](c2cc(OC)ccc2OC)C1. The second-order valence-electron chi connectivity index (χ2n) is 6.57. The number of imidazole rings is 1. The number of nitrogens with zero attached hydrogens (tertiary/aromatic N) is 3. The molecule has 2 heterocycles. The molecule has 140 valence electrons. The van der Waals surface area contributed by atoms with Crippen LogP contribution in [0, 0.1) is 0 Å². The molecule has 0 radical (unpaired) electrons. The largest absolute Gasteiger partial charge is 0.497 e. The second-order valence-corrected chi connectivity index (χ2v) is 6.57. The van der Waals surface area contributed by atoms with Crippen LogP contribution >= 0.6 is 0 Å². The van der Waals surface area contributed by atoms with Gasteiger partial charge in [-0.25, -0.2) is 4.98 Å². The first-order valence-corrected chi connectivity index (χ1v) is 9.16. The average molecular weight is 357 g/mol. The molecule has 1 fully saturated rings. The zero-order chi connectivity index (χ0) is 18.5. The van der Waals surface area contributed by atoms with E-state index in [2.05, 4.69) is 16.5 Å². The zero-order valence-electron chi connectivity index (χ0n) is 15.8. The van der Waals surface area contributed by atoms with E-state index in [1.807, 2.05) is 29.3 Å². The van der Waals surface area contributed by atoms with Crippen molar-refractivity contribution < 1.29 is 14.3 Å². The van der Waals surface area contributed by atoms with E-state index in [1.165, 1.54) is 0 Å². The van der Waals surface area contributed by atoms with Crippen LogP contribution in [0.15, 0.2) is 30.6 Å². The van der Waals surface area contributed by atoms with Gasteiger partial charge in [0.15, 0.2) is 0 Å². The molecule has 0 spiro atoms. The molecule has 0 N–H and O–H groups in total. The van der Waals surface area contributed by atoms with Gasteiger partial charge in [-0.05, 0) is 24.6 Å². The molecular weight excluding hydrogens is 330 g/mol. The van der Waals surface area contributed by atoms with E-state index >= 15 is 0 Å². The van der Waals surface area contributed by atoms with Crippen molar-refractivity contribution in [1.29, 1.82) is 0 Å². The smallest absolute Gasteiger partial charge is 0.224 e. The fraction of sp³-hybridized carbons (Fsp3) is 0.500. The van der Waals surface area contributed by atoms with Crippen molar-refractivity contribution in [2.75, 3.05) is 27.3 Å². The van der Waals surface area contributed by atoms with E-state index in [0.717, 1.165) is 48.8 Å². The zero-order valence-corrected chi connectivity index (χ0v) is 15.8. The van der Waals surface area contributed by atoms with Crippen molar-refractivity contribution >= 4 is 5.91 Å². The van der Waals surface area contributed by atoms with Gasteiger partial charge >= 0.3 is 0 Å². The van der Waals surface area contributed by atoms with E-state index < -0.39 is 0 Å². The summed E-state index contributed by atoms with van der Waals surface area (Å²) in [5, 5.41) is 0. The predicted molar refractivity (Wildman–Crippen MR) is 99.7 cm³/mol. The number of methoxy groups -OCH3 is 2. The first-order valence-electron chi connectivity index (χ1n) is 9.16. The molecule has 0 aliphatic carbocycles. The number of ether oxygens (including phenoxy) is 2. The lowest BCUT2D eigenvalue weighted by molar-refractivity contribution is -0.130. The number of hydrogen-bond acceptors (Lipinski definition) is 4. The number of aromatic nitrogens is 2. The van der Waals surface area contributed by atoms with Gasteiger partial charge in [-0.15, -0.1) is 0 Å². The quantitative estimate of drug-likeness (QED) is 0.765. The first kappa shape index (κ1) is 18.3. The summed E-state index contributed by atoms with van der Waals surface area (Å²) in [6.07, 6.45) is 6.07. The van der Waals surface area contributed by atoms with E-state index in [1.54, 1.807) is 20.4 Å². The lowest BCUT2D eigenvalue weighted by Gasteiger charge is -2.19. The molecule has 6 heteroatoms. The van der Waals surface area contributed by atoms with Crippen LogP contribution in [0.5, 0.6) is 11.5 Å². The van der Waals surface area contributed by atoms with Crippen molar-refractivity contribution in [3.05, 3.63) is 42.0 Å². The number of likely N-dealkylation sites (tertiary alicyclic amines) is 1. The third-order valence-electron chi connectivity index (χ3n) is 5.10. The summed E-state index contributed by atoms with van der Waals surface area (Å²) >= 11 is 0. The molecule has 0 unspecified atom stereocenters. The topological polar surface area (TPSA) is 56.6 Å². The summed E-state index contributed by atoms with van der Waals surface area (Å²) in [6.45, 7) is 4.28. The van der Waals surface area contributed by atoms with E-state index in [-0.39, 0.29) is 11.8 Å². The monoisotopic (exact) mass is 357 g/mol. The van der Waals surface area contributed by atoms with E-state index in [0.29, 0.717) is 13.0 Å². The summed E-state index contributed by atoms with van der Waals surface area (Å²) in [5.41, 5.74) is 1.12. The van der Waals surface area contributed by atoms with Gasteiger partial charge < -0.3 is 18.9 Å². The number of benzene rings is 1. The number of amides is 1. The standard InChI is InChI=1S/C20H27N3O3/c1-4-19-21-9-12-22(19)11-8-20(24)23-10-7-15(14-23)17-13-16(25-2)5-6-18(17)26-3/h5-6,9,12-13,15H,4,7-8,10-11,14H2,1-3H3/t15-/m0/s1. The molecule has 6 nitrogen and oxygen atoms in total. The first-order chi connectivity index (χ1) is 12.7. The molecule has 0 bridgehead atoms. The molecule has 26 heavy (non-hydrogen) atoms. The lowest BCUT2D eigenvalue weighted by atomic mass is 9.97. The second kappa shape index (κ2) is 8.25. The maximum Gasteiger partial charge on any atom is 0.224 e. The van der Waals surface area contributed by atoms with Gasteiger partial charge in [0.1, 0.15) is 17.3 Å². The highest BCUT2D eigenvalue weighted by molar-refractivity contribution is 5.76. The van der Waals surface area contributed by atoms with Crippen LogP contribution in [0.1, 0.15) is 37.1 Å². The Morgan fingerprint density at radius 1 is 1.31 bits per heavy atom. The highest BCUT2D eigenvalue weighted by Crippen LogP contribution is 2.36. The van der Waals surface area contributed by atoms with Crippen molar-refractivity contribution in [2.24, 2.45) is 0 Å². The average Bonchev–Trinajstić information content (AvgIpc) is 3.34. The van der Waals surface area contributed by atoms with Crippen molar-refractivity contribution in [2.45, 2.75) is 38.6 Å². The molecule has 1 aliphatic heterocycles. The number of hydrogen-bond donors (Lipinski definition) is 0. The Kier molecular flexibility index (Phi) is 5.81. The van der Waals surface area contributed by atoms with Crippen LogP contribution < -0.4 is 9.47 Å². The molecule has 1 aliphatic rings. The molecule has 1 atom stereocenters. The predicted octanol–water partition coefficient (Wildman–Crippen LogP) is 2.87.